The molecule has 0 aromatic carbocycles. The molecular formula is C17H22N2O4. The number of hydrogen-bond donors (Lipinski definition) is 2. The Morgan fingerprint density at radius 1 is 0.739 bits per heavy atom. The van der Waals surface area contributed by atoms with Gasteiger partial charge < -0.3 is 10.2 Å². The predicted octanol–water partition coefficient (Wildman–Crippen LogP) is 2.95. The zero-order chi connectivity index (χ0) is 17.1. The van der Waals surface area contributed by atoms with Gasteiger partial charge in [-0.2, -0.15) is 10.5 Å². The molecular weight excluding hydrogens is 296 g/mol. The predicted molar refractivity (Wildman–Crippen MR) is 79.9 cm³/mol. The van der Waals surface area contributed by atoms with E-state index in [1.807, 2.05) is 0 Å². The minimum atomic E-state index is -1.33. The van der Waals surface area contributed by atoms with Gasteiger partial charge in [-0.3, -0.25) is 9.59 Å². The molecule has 0 bridgehead atoms. The summed E-state index contributed by atoms with van der Waals surface area (Å²) in [5, 5.41) is 38.9. The van der Waals surface area contributed by atoms with Gasteiger partial charge in [-0.1, -0.05) is 32.1 Å². The van der Waals surface area contributed by atoms with E-state index in [2.05, 4.69) is 12.1 Å². The summed E-state index contributed by atoms with van der Waals surface area (Å²) in [6.07, 6.45) is 5.41. The number of carboxylic acid groups (broad SMARTS) is 2. The van der Waals surface area contributed by atoms with Gasteiger partial charge in [0, 0.05) is 0 Å². The van der Waals surface area contributed by atoms with Crippen LogP contribution in [0.4, 0.5) is 0 Å². The first-order valence-electron chi connectivity index (χ1n) is 8.20. The van der Waals surface area contributed by atoms with Crippen molar-refractivity contribution >= 4 is 11.9 Å². The summed E-state index contributed by atoms with van der Waals surface area (Å²) in [4.78, 5) is 24.0. The normalized spacial score (nSPS) is 24.8. The maximum Gasteiger partial charge on any atom is 0.309 e. The Balaban J connectivity index is 2.52. The summed E-state index contributed by atoms with van der Waals surface area (Å²) < 4.78 is 0. The molecule has 2 atom stereocenters. The zero-order valence-electron chi connectivity index (χ0n) is 13.1. The van der Waals surface area contributed by atoms with Crippen molar-refractivity contribution in [3.05, 3.63) is 0 Å². The van der Waals surface area contributed by atoms with Gasteiger partial charge in [-0.05, 0) is 25.7 Å². The molecule has 124 valence electrons. The van der Waals surface area contributed by atoms with Crippen molar-refractivity contribution in [2.75, 3.05) is 0 Å². The topological polar surface area (TPSA) is 122 Å². The lowest BCUT2D eigenvalue weighted by molar-refractivity contribution is -0.164. The van der Waals surface area contributed by atoms with Gasteiger partial charge >= 0.3 is 11.9 Å². The Bertz CT molecular complexity index is 560. The van der Waals surface area contributed by atoms with Crippen molar-refractivity contribution in [1.82, 2.24) is 0 Å². The Morgan fingerprint density at radius 3 is 1.30 bits per heavy atom. The first kappa shape index (κ1) is 17.3. The van der Waals surface area contributed by atoms with Crippen LogP contribution in [-0.2, 0) is 9.59 Å². The third kappa shape index (κ3) is 2.91. The van der Waals surface area contributed by atoms with Crippen molar-refractivity contribution in [2.45, 2.75) is 57.8 Å². The largest absolute Gasteiger partial charge is 0.481 e. The fourth-order valence-corrected chi connectivity index (χ4v) is 4.57. The average molecular weight is 318 g/mol. The van der Waals surface area contributed by atoms with Crippen LogP contribution in [0.2, 0.25) is 0 Å². The lowest BCUT2D eigenvalue weighted by atomic mass is 9.57. The SMILES string of the molecule is N#CC1(C(C(=O)O)C(C(=O)O)C2(C#N)CCCC2)CCCCC1. The number of rotatable bonds is 5. The molecule has 6 nitrogen and oxygen atoms in total. The summed E-state index contributed by atoms with van der Waals surface area (Å²) in [5.74, 6) is -5.18. The highest BCUT2D eigenvalue weighted by molar-refractivity contribution is 5.82. The van der Waals surface area contributed by atoms with Crippen LogP contribution in [0.3, 0.4) is 0 Å². The smallest absolute Gasteiger partial charge is 0.309 e. The van der Waals surface area contributed by atoms with E-state index in [-0.39, 0.29) is 0 Å². The average Bonchev–Trinajstić information content (AvgIpc) is 3.02. The highest BCUT2D eigenvalue weighted by atomic mass is 16.4. The minimum absolute atomic E-state index is 0.395. The Hall–Kier alpha value is -2.08. The third-order valence-corrected chi connectivity index (χ3v) is 5.74. The molecule has 0 saturated heterocycles. The number of nitriles is 2. The molecule has 2 N–H and O–H groups in total. The van der Waals surface area contributed by atoms with Crippen LogP contribution in [-0.4, -0.2) is 22.2 Å². The molecule has 2 aliphatic carbocycles. The van der Waals surface area contributed by atoms with Gasteiger partial charge in [-0.15, -0.1) is 0 Å². The van der Waals surface area contributed by atoms with Gasteiger partial charge in [-0.25, -0.2) is 0 Å². The highest BCUT2D eigenvalue weighted by Gasteiger charge is 2.58. The molecule has 2 saturated carbocycles. The summed E-state index contributed by atoms with van der Waals surface area (Å²) in [7, 11) is 0. The molecule has 0 spiro atoms. The monoisotopic (exact) mass is 318 g/mol. The van der Waals surface area contributed by atoms with Gasteiger partial charge in [0.2, 0.25) is 0 Å². The van der Waals surface area contributed by atoms with Gasteiger partial charge in [0.25, 0.3) is 0 Å². The van der Waals surface area contributed by atoms with Crippen molar-refractivity contribution in [2.24, 2.45) is 22.7 Å². The Labute approximate surface area is 135 Å². The molecule has 2 aliphatic rings. The molecule has 0 heterocycles. The van der Waals surface area contributed by atoms with Crippen LogP contribution in [0.1, 0.15) is 57.8 Å². The van der Waals surface area contributed by atoms with Gasteiger partial charge in [0.05, 0.1) is 34.8 Å². The number of carbonyl (C=O) groups is 2. The van der Waals surface area contributed by atoms with E-state index in [1.165, 1.54) is 0 Å². The number of nitrogens with zero attached hydrogens (tertiary/aromatic N) is 2. The maximum atomic E-state index is 12.0. The Morgan fingerprint density at radius 2 is 1.04 bits per heavy atom. The fraction of sp³-hybridized carbons (Fsp3) is 0.765. The van der Waals surface area contributed by atoms with Crippen LogP contribution < -0.4 is 0 Å². The lowest BCUT2D eigenvalue weighted by Gasteiger charge is -2.42. The molecule has 0 radical (unpaired) electrons. The van der Waals surface area contributed by atoms with Crippen molar-refractivity contribution in [3.8, 4) is 12.1 Å². The molecule has 23 heavy (non-hydrogen) atoms. The molecule has 0 aromatic heterocycles. The molecule has 0 aliphatic heterocycles. The molecule has 2 fully saturated rings. The van der Waals surface area contributed by atoms with Crippen molar-refractivity contribution in [3.63, 3.8) is 0 Å². The standard InChI is InChI=1S/C17H22N2O4/c18-10-16(6-2-1-3-7-16)12(14(20)21)13(15(22)23)17(11-19)8-4-5-9-17/h12-13H,1-9H2,(H,20,21)(H,22,23). The summed E-state index contributed by atoms with van der Waals surface area (Å²) >= 11 is 0. The van der Waals surface area contributed by atoms with Gasteiger partial charge in [0.15, 0.2) is 0 Å². The van der Waals surface area contributed by atoms with E-state index in [9.17, 15) is 30.3 Å². The van der Waals surface area contributed by atoms with Crippen molar-refractivity contribution < 1.29 is 19.8 Å². The number of carboxylic acids is 2. The van der Waals surface area contributed by atoms with Crippen LogP contribution >= 0.6 is 0 Å². The molecule has 6 heteroatoms. The molecule has 2 rings (SSSR count). The second-order valence-corrected chi connectivity index (χ2v) is 6.94. The minimum Gasteiger partial charge on any atom is -0.481 e. The quantitative estimate of drug-likeness (QED) is 0.803. The Kier molecular flexibility index (Phi) is 4.94. The van der Waals surface area contributed by atoms with Gasteiger partial charge in [0.1, 0.15) is 0 Å². The maximum absolute atomic E-state index is 12.0. The zero-order valence-corrected chi connectivity index (χ0v) is 13.1. The summed E-state index contributed by atoms with van der Waals surface area (Å²) in [6.45, 7) is 0. The van der Waals surface area contributed by atoms with Crippen molar-refractivity contribution in [1.29, 1.82) is 10.5 Å². The number of aliphatic carboxylic acids is 2. The third-order valence-electron chi connectivity index (χ3n) is 5.74. The highest BCUT2D eigenvalue weighted by Crippen LogP contribution is 2.54. The summed E-state index contributed by atoms with van der Waals surface area (Å²) in [5.41, 5.74) is -2.35. The molecule has 0 amide bonds. The second kappa shape index (κ2) is 6.58. The van der Waals surface area contributed by atoms with Crippen LogP contribution in [0.5, 0.6) is 0 Å². The van der Waals surface area contributed by atoms with E-state index in [0.29, 0.717) is 25.7 Å². The van der Waals surface area contributed by atoms with E-state index in [1.54, 1.807) is 0 Å². The molecule has 0 aromatic rings. The van der Waals surface area contributed by atoms with E-state index < -0.39 is 34.6 Å². The van der Waals surface area contributed by atoms with E-state index in [0.717, 1.165) is 32.1 Å². The first-order chi connectivity index (χ1) is 10.9. The van der Waals surface area contributed by atoms with Crippen LogP contribution in [0.25, 0.3) is 0 Å². The fourth-order valence-electron chi connectivity index (χ4n) is 4.57. The number of hydrogen-bond acceptors (Lipinski definition) is 4. The van der Waals surface area contributed by atoms with E-state index >= 15 is 0 Å². The lowest BCUT2D eigenvalue weighted by Crippen LogP contribution is -2.49. The van der Waals surface area contributed by atoms with Crippen LogP contribution in [0, 0.1) is 45.3 Å². The summed E-state index contributed by atoms with van der Waals surface area (Å²) in [6, 6.07) is 4.27. The van der Waals surface area contributed by atoms with Crippen LogP contribution in [0.15, 0.2) is 0 Å². The second-order valence-electron chi connectivity index (χ2n) is 6.94. The molecule has 2 unspecified atom stereocenters. The first-order valence-corrected chi connectivity index (χ1v) is 8.20. The van der Waals surface area contributed by atoms with E-state index in [4.69, 9.17) is 0 Å².